The quantitative estimate of drug-likeness (QED) is 0.726. The molecule has 7 heteroatoms. The van der Waals surface area contributed by atoms with Gasteiger partial charge in [0, 0.05) is 36.2 Å². The van der Waals surface area contributed by atoms with Crippen molar-refractivity contribution in [2.75, 3.05) is 0 Å². The van der Waals surface area contributed by atoms with Gasteiger partial charge in [-0.25, -0.2) is 4.39 Å². The SMILES string of the molecule is CC1=C(c2cc(F)cc(-n3nnc(-c4ccccn4)n3)c2)C=CCC=N1. The van der Waals surface area contributed by atoms with Crippen LogP contribution in [-0.4, -0.2) is 31.4 Å². The monoisotopic (exact) mass is 346 g/mol. The summed E-state index contributed by atoms with van der Waals surface area (Å²) in [6, 6.07) is 10.1. The van der Waals surface area contributed by atoms with E-state index in [-0.39, 0.29) is 5.82 Å². The number of halogens is 1. The Balaban J connectivity index is 1.76. The lowest BCUT2D eigenvalue weighted by atomic mass is 10.0. The number of pyridine rings is 1. The third-order valence-corrected chi connectivity index (χ3v) is 3.93. The lowest BCUT2D eigenvalue weighted by Crippen LogP contribution is -2.01. The summed E-state index contributed by atoms with van der Waals surface area (Å²) in [4.78, 5) is 9.87. The maximum absolute atomic E-state index is 14.2. The van der Waals surface area contributed by atoms with Gasteiger partial charge in [-0.3, -0.25) is 9.98 Å². The highest BCUT2D eigenvalue weighted by molar-refractivity contribution is 5.80. The summed E-state index contributed by atoms with van der Waals surface area (Å²) in [7, 11) is 0. The van der Waals surface area contributed by atoms with Gasteiger partial charge in [0.15, 0.2) is 0 Å². The van der Waals surface area contributed by atoms with Gasteiger partial charge in [0.05, 0.1) is 5.69 Å². The number of rotatable bonds is 3. The predicted octanol–water partition coefficient (Wildman–Crippen LogP) is 3.63. The van der Waals surface area contributed by atoms with Gasteiger partial charge in [-0.05, 0) is 42.0 Å². The van der Waals surface area contributed by atoms with E-state index in [1.165, 1.54) is 16.9 Å². The van der Waals surface area contributed by atoms with Crippen molar-refractivity contribution in [3.8, 4) is 17.2 Å². The topological polar surface area (TPSA) is 68.8 Å². The van der Waals surface area contributed by atoms with Crippen LogP contribution >= 0.6 is 0 Å². The molecule has 4 rings (SSSR count). The number of aliphatic imine (C=N–C) groups is 1. The van der Waals surface area contributed by atoms with E-state index in [1.54, 1.807) is 12.3 Å². The Morgan fingerprint density at radius 2 is 2.08 bits per heavy atom. The zero-order valence-electron chi connectivity index (χ0n) is 14.0. The van der Waals surface area contributed by atoms with E-state index in [2.05, 4.69) is 25.4 Å². The van der Waals surface area contributed by atoms with Crippen molar-refractivity contribution in [1.29, 1.82) is 0 Å². The van der Waals surface area contributed by atoms with E-state index in [1.807, 2.05) is 43.5 Å². The van der Waals surface area contributed by atoms with Gasteiger partial charge in [-0.2, -0.15) is 0 Å². The van der Waals surface area contributed by atoms with E-state index in [9.17, 15) is 4.39 Å². The molecule has 2 aromatic heterocycles. The molecule has 26 heavy (non-hydrogen) atoms. The number of tetrazole rings is 1. The molecule has 1 aromatic carbocycles. The van der Waals surface area contributed by atoms with E-state index in [0.717, 1.165) is 17.7 Å². The molecule has 0 saturated heterocycles. The van der Waals surface area contributed by atoms with Gasteiger partial charge in [-0.15, -0.1) is 15.0 Å². The van der Waals surface area contributed by atoms with Crippen LogP contribution in [0.3, 0.4) is 0 Å². The number of nitrogens with zero attached hydrogens (tertiary/aromatic N) is 6. The Labute approximate surface area is 149 Å². The second-order valence-electron chi connectivity index (χ2n) is 5.76. The van der Waals surface area contributed by atoms with Crippen LogP contribution in [0.25, 0.3) is 22.8 Å². The van der Waals surface area contributed by atoms with Gasteiger partial charge >= 0.3 is 0 Å². The first-order chi connectivity index (χ1) is 12.7. The normalized spacial score (nSPS) is 13.9. The van der Waals surface area contributed by atoms with E-state index >= 15 is 0 Å². The van der Waals surface area contributed by atoms with Crippen molar-refractivity contribution in [3.05, 3.63) is 71.8 Å². The van der Waals surface area contributed by atoms with Crippen LogP contribution in [0, 0.1) is 5.82 Å². The van der Waals surface area contributed by atoms with Crippen LogP contribution in [0.4, 0.5) is 4.39 Å². The van der Waals surface area contributed by atoms with E-state index < -0.39 is 0 Å². The Kier molecular flexibility index (Phi) is 4.18. The van der Waals surface area contributed by atoms with Crippen molar-refractivity contribution in [2.45, 2.75) is 13.3 Å². The van der Waals surface area contributed by atoms with Crippen molar-refractivity contribution in [3.63, 3.8) is 0 Å². The fourth-order valence-corrected chi connectivity index (χ4v) is 2.70. The maximum Gasteiger partial charge on any atom is 0.223 e. The average Bonchev–Trinajstić information content (AvgIpc) is 3.05. The molecule has 0 aliphatic carbocycles. The summed E-state index contributed by atoms with van der Waals surface area (Å²) in [5, 5.41) is 12.4. The van der Waals surface area contributed by atoms with Gasteiger partial charge in [-0.1, -0.05) is 18.2 Å². The first-order valence-electron chi connectivity index (χ1n) is 8.13. The van der Waals surface area contributed by atoms with Crippen LogP contribution in [0.15, 0.2) is 65.4 Å². The molecule has 0 radical (unpaired) electrons. The standard InChI is InChI=1S/C19H15FN6/c1-13-17(6-2-4-8-21-13)14-10-15(20)12-16(11-14)26-24-19(23-25-26)18-7-3-5-9-22-18/h2-3,5-12H,4H2,1H3. The number of allylic oxidation sites excluding steroid dienone is 4. The predicted molar refractivity (Wildman–Crippen MR) is 97.2 cm³/mol. The summed E-state index contributed by atoms with van der Waals surface area (Å²) in [6.45, 7) is 1.90. The highest BCUT2D eigenvalue weighted by atomic mass is 19.1. The molecule has 3 aromatic rings. The fraction of sp³-hybridized carbons (Fsp3) is 0.105. The van der Waals surface area contributed by atoms with Crippen LogP contribution in [-0.2, 0) is 0 Å². The number of benzene rings is 1. The van der Waals surface area contributed by atoms with Gasteiger partial charge in [0.2, 0.25) is 5.82 Å². The maximum atomic E-state index is 14.2. The zero-order chi connectivity index (χ0) is 17.9. The summed E-state index contributed by atoms with van der Waals surface area (Å²) >= 11 is 0. The summed E-state index contributed by atoms with van der Waals surface area (Å²) in [5.41, 5.74) is 3.50. The van der Waals surface area contributed by atoms with Crippen LogP contribution in [0.5, 0.6) is 0 Å². The van der Waals surface area contributed by atoms with Crippen molar-refractivity contribution in [1.82, 2.24) is 25.2 Å². The molecule has 0 fully saturated rings. The van der Waals surface area contributed by atoms with Crippen molar-refractivity contribution < 1.29 is 4.39 Å². The molecule has 0 atom stereocenters. The summed E-state index contributed by atoms with van der Waals surface area (Å²) < 4.78 is 14.2. The average molecular weight is 346 g/mol. The molecule has 3 heterocycles. The Morgan fingerprint density at radius 1 is 1.15 bits per heavy atom. The number of hydrogen-bond donors (Lipinski definition) is 0. The molecule has 0 N–H and O–H groups in total. The largest absolute Gasteiger partial charge is 0.265 e. The van der Waals surface area contributed by atoms with Crippen LogP contribution in [0.2, 0.25) is 0 Å². The molecule has 1 aliphatic heterocycles. The molecule has 128 valence electrons. The molecule has 0 saturated carbocycles. The Bertz CT molecular complexity index is 1030. The smallest absolute Gasteiger partial charge is 0.223 e. The summed E-state index contributed by atoms with van der Waals surface area (Å²) in [5.74, 6) is 0.00174. The van der Waals surface area contributed by atoms with Gasteiger partial charge in [0.1, 0.15) is 11.5 Å². The third-order valence-electron chi connectivity index (χ3n) is 3.93. The molecule has 0 bridgehead atoms. The minimum Gasteiger partial charge on any atom is -0.265 e. The lowest BCUT2D eigenvalue weighted by Gasteiger charge is -2.07. The number of aromatic nitrogens is 5. The minimum atomic E-state index is -0.379. The van der Waals surface area contributed by atoms with Gasteiger partial charge in [0.25, 0.3) is 0 Å². The van der Waals surface area contributed by atoms with Crippen molar-refractivity contribution >= 4 is 11.8 Å². The summed E-state index contributed by atoms with van der Waals surface area (Å²) in [6.07, 6.45) is 8.19. The Morgan fingerprint density at radius 3 is 2.92 bits per heavy atom. The third kappa shape index (κ3) is 3.19. The molecule has 1 aliphatic rings. The highest BCUT2D eigenvalue weighted by Gasteiger charge is 2.12. The first-order valence-corrected chi connectivity index (χ1v) is 8.13. The molecule has 0 spiro atoms. The molecular formula is C19H15FN6. The van der Waals surface area contributed by atoms with Crippen molar-refractivity contribution in [2.24, 2.45) is 4.99 Å². The minimum absolute atomic E-state index is 0.379. The van der Waals surface area contributed by atoms with E-state index in [0.29, 0.717) is 22.8 Å². The lowest BCUT2D eigenvalue weighted by molar-refractivity contribution is 0.620. The van der Waals surface area contributed by atoms with Gasteiger partial charge < -0.3 is 0 Å². The molecule has 0 unspecified atom stereocenters. The first kappa shape index (κ1) is 16.0. The number of hydrogen-bond acceptors (Lipinski definition) is 5. The second kappa shape index (κ2) is 6.79. The fourth-order valence-electron chi connectivity index (χ4n) is 2.70. The molecule has 6 nitrogen and oxygen atoms in total. The van der Waals surface area contributed by atoms with E-state index in [4.69, 9.17) is 0 Å². The molecular weight excluding hydrogens is 331 g/mol. The van der Waals surface area contributed by atoms with Crippen LogP contribution < -0.4 is 0 Å². The second-order valence-corrected chi connectivity index (χ2v) is 5.76. The Hall–Kier alpha value is -3.48. The highest BCUT2D eigenvalue weighted by Crippen LogP contribution is 2.26. The van der Waals surface area contributed by atoms with Crippen LogP contribution in [0.1, 0.15) is 18.9 Å². The zero-order valence-corrected chi connectivity index (χ0v) is 14.0. The molecule has 0 amide bonds.